The molecule has 0 N–H and O–H groups in total. The van der Waals surface area contributed by atoms with Crippen molar-refractivity contribution in [3.8, 4) is 11.1 Å². The molecular formula is C54H43NS. The van der Waals surface area contributed by atoms with Gasteiger partial charge in [-0.25, -0.2) is 0 Å². The molecule has 1 aromatic heterocycles. The van der Waals surface area contributed by atoms with Crippen molar-refractivity contribution >= 4 is 54.5 Å². The van der Waals surface area contributed by atoms with Crippen molar-refractivity contribution in [1.29, 1.82) is 0 Å². The van der Waals surface area contributed by atoms with E-state index in [0.717, 1.165) is 37.1 Å². The van der Waals surface area contributed by atoms with Gasteiger partial charge in [-0.1, -0.05) is 164 Å². The average Bonchev–Trinajstić information content (AvgIpc) is 3.79. The topological polar surface area (TPSA) is 3.24 Å². The Morgan fingerprint density at radius 1 is 0.714 bits per heavy atom. The normalized spacial score (nSPS) is 17.6. The summed E-state index contributed by atoms with van der Waals surface area (Å²) in [5.41, 5.74) is 13.7. The first kappa shape index (κ1) is 34.3. The third-order valence-electron chi connectivity index (χ3n) is 12.1. The highest BCUT2D eigenvalue weighted by molar-refractivity contribution is 7.26. The van der Waals surface area contributed by atoms with E-state index in [-0.39, 0.29) is 0 Å². The summed E-state index contributed by atoms with van der Waals surface area (Å²) in [6, 6.07) is 51.8. The van der Waals surface area contributed by atoms with Gasteiger partial charge < -0.3 is 4.90 Å². The number of thiophene rings is 1. The van der Waals surface area contributed by atoms with Gasteiger partial charge in [-0.05, 0) is 107 Å². The fourth-order valence-electron chi connectivity index (χ4n) is 9.57. The van der Waals surface area contributed by atoms with Gasteiger partial charge in [0.25, 0.3) is 0 Å². The number of benzene rings is 6. The van der Waals surface area contributed by atoms with Crippen LogP contribution in [0.4, 0.5) is 5.69 Å². The molecule has 0 spiro atoms. The molecule has 0 fully saturated rings. The van der Waals surface area contributed by atoms with E-state index >= 15 is 0 Å². The molecular weight excluding hydrogens is 695 g/mol. The summed E-state index contributed by atoms with van der Waals surface area (Å²) in [6.45, 7) is 6.71. The molecule has 7 aromatic rings. The van der Waals surface area contributed by atoms with Gasteiger partial charge in [-0.15, -0.1) is 11.3 Å². The van der Waals surface area contributed by atoms with E-state index in [4.69, 9.17) is 0 Å². The maximum Gasteiger partial charge on any atom is 0.0677 e. The number of fused-ring (bicyclic) bond motifs is 7. The van der Waals surface area contributed by atoms with Crippen LogP contribution in [0, 0.1) is 0 Å². The number of hydrogen-bond donors (Lipinski definition) is 0. The van der Waals surface area contributed by atoms with Gasteiger partial charge in [0.2, 0.25) is 0 Å². The summed E-state index contributed by atoms with van der Waals surface area (Å²) in [6.07, 6.45) is 19.9. The Morgan fingerprint density at radius 2 is 1.50 bits per heavy atom. The molecule has 10 rings (SSSR count). The average molecular weight is 738 g/mol. The zero-order chi connectivity index (χ0) is 37.6. The molecule has 0 bridgehead atoms. The first-order valence-electron chi connectivity index (χ1n) is 19.8. The molecule has 0 saturated carbocycles. The van der Waals surface area contributed by atoms with E-state index in [1.54, 1.807) is 0 Å². The fraction of sp³-hybridized carbons (Fsp3) is 0.111. The van der Waals surface area contributed by atoms with Crippen molar-refractivity contribution in [3.63, 3.8) is 0 Å². The van der Waals surface area contributed by atoms with Crippen molar-refractivity contribution in [2.45, 2.75) is 38.0 Å². The lowest BCUT2D eigenvalue weighted by Crippen LogP contribution is -2.36. The maximum absolute atomic E-state index is 4.47. The Bertz CT molecular complexity index is 2950. The fourth-order valence-corrected chi connectivity index (χ4v) is 10.9. The Hall–Kier alpha value is -6.22. The Labute approximate surface area is 333 Å². The van der Waals surface area contributed by atoms with E-state index in [1.807, 2.05) is 17.4 Å². The molecule has 1 atom stereocenters. The summed E-state index contributed by atoms with van der Waals surface area (Å²) in [5.74, 6) is 0. The van der Waals surface area contributed by atoms with Crippen LogP contribution in [0.1, 0.15) is 54.9 Å². The van der Waals surface area contributed by atoms with Crippen LogP contribution < -0.4 is 15.3 Å². The number of anilines is 1. The molecule has 0 amide bonds. The van der Waals surface area contributed by atoms with Crippen molar-refractivity contribution in [3.05, 3.63) is 227 Å². The second kappa shape index (κ2) is 14.1. The van der Waals surface area contributed by atoms with Gasteiger partial charge in [0.15, 0.2) is 0 Å². The van der Waals surface area contributed by atoms with Crippen LogP contribution in [0.2, 0.25) is 0 Å². The molecule has 1 nitrogen and oxygen atoms in total. The number of nitrogens with zero attached hydrogens (tertiary/aromatic N) is 1. The van der Waals surface area contributed by atoms with Crippen LogP contribution in [0.15, 0.2) is 194 Å². The first-order valence-corrected chi connectivity index (χ1v) is 20.6. The molecule has 1 heterocycles. The van der Waals surface area contributed by atoms with Crippen molar-refractivity contribution in [2.75, 3.05) is 4.90 Å². The van der Waals surface area contributed by atoms with Gasteiger partial charge in [0, 0.05) is 42.5 Å². The molecule has 3 aliphatic carbocycles. The molecule has 0 radical (unpaired) electrons. The number of rotatable bonds is 8. The minimum absolute atomic E-state index is 0.403. The lowest BCUT2D eigenvalue weighted by Gasteiger charge is -2.37. The van der Waals surface area contributed by atoms with Crippen LogP contribution in [0.3, 0.4) is 0 Å². The van der Waals surface area contributed by atoms with Crippen LogP contribution >= 0.6 is 11.3 Å². The first-order chi connectivity index (χ1) is 27.7. The van der Waals surface area contributed by atoms with Gasteiger partial charge in [-0.3, -0.25) is 0 Å². The number of allylic oxidation sites excluding steroid dienone is 8. The molecule has 6 aromatic carbocycles. The summed E-state index contributed by atoms with van der Waals surface area (Å²) in [7, 11) is 0. The number of hydrogen-bond acceptors (Lipinski definition) is 2. The largest absolute Gasteiger partial charge is 0.314 e. The third kappa shape index (κ3) is 5.43. The Morgan fingerprint density at radius 3 is 2.38 bits per heavy atom. The SMILES string of the molecule is C=C/C(=C\C=C(/C)c1cccc2c1sc1ccccc12)N(C1=c2ccccc2=CCC1)c1ccc2c(c1)C(C1=CC=CCC1)(c1ccccc1)c1ccccc1-2. The summed E-state index contributed by atoms with van der Waals surface area (Å²) in [4.78, 5) is 2.50. The summed E-state index contributed by atoms with van der Waals surface area (Å²) < 4.78 is 2.66. The predicted molar refractivity (Wildman–Crippen MR) is 241 cm³/mol. The quantitative estimate of drug-likeness (QED) is 0.140. The van der Waals surface area contributed by atoms with E-state index in [1.165, 1.54) is 80.8 Å². The summed E-state index contributed by atoms with van der Waals surface area (Å²) in [5, 5.41) is 5.21. The molecule has 270 valence electrons. The van der Waals surface area contributed by atoms with Crippen molar-refractivity contribution in [1.82, 2.24) is 0 Å². The van der Waals surface area contributed by atoms with Gasteiger partial charge >= 0.3 is 0 Å². The molecule has 3 aliphatic rings. The molecule has 0 saturated heterocycles. The lowest BCUT2D eigenvalue weighted by atomic mass is 9.65. The monoisotopic (exact) mass is 737 g/mol. The third-order valence-corrected chi connectivity index (χ3v) is 13.3. The van der Waals surface area contributed by atoms with Gasteiger partial charge in [0.05, 0.1) is 5.41 Å². The zero-order valence-electron chi connectivity index (χ0n) is 31.7. The van der Waals surface area contributed by atoms with Crippen molar-refractivity contribution in [2.24, 2.45) is 0 Å². The van der Waals surface area contributed by atoms with E-state index in [0.29, 0.717) is 0 Å². The zero-order valence-corrected chi connectivity index (χ0v) is 32.5. The van der Waals surface area contributed by atoms with Gasteiger partial charge in [-0.2, -0.15) is 0 Å². The van der Waals surface area contributed by atoms with E-state index < -0.39 is 5.41 Å². The predicted octanol–water partition coefficient (Wildman–Crippen LogP) is 13.0. The highest BCUT2D eigenvalue weighted by Crippen LogP contribution is 2.58. The Kier molecular flexibility index (Phi) is 8.65. The lowest BCUT2D eigenvalue weighted by molar-refractivity contribution is 0.693. The van der Waals surface area contributed by atoms with Crippen LogP contribution in [-0.2, 0) is 5.41 Å². The van der Waals surface area contributed by atoms with Crippen LogP contribution in [0.25, 0.3) is 48.6 Å². The van der Waals surface area contributed by atoms with Crippen LogP contribution in [0.5, 0.6) is 0 Å². The highest BCUT2D eigenvalue weighted by Gasteiger charge is 2.47. The molecule has 1 unspecified atom stereocenters. The smallest absolute Gasteiger partial charge is 0.0677 e. The second-order valence-electron chi connectivity index (χ2n) is 15.1. The standard InChI is InChI=1S/C54H43NS/c1-3-41(33-32-37(2)43-27-17-28-48-47-26-13-15-31-52(47)56-53(43)48)55(51-30-16-19-38-18-10-11-24-44(38)51)42-34-35-46-45-25-12-14-29-49(45)54(50(46)36-42,39-20-6-4-7-21-39)40-22-8-5-9-23-40/h3-8,10-15,17-22,24-29,31-36H,1,9,16,23,30H2,2H3/b37-32+,41-33+. The van der Waals surface area contributed by atoms with Crippen molar-refractivity contribution < 1.29 is 0 Å². The maximum atomic E-state index is 4.47. The van der Waals surface area contributed by atoms with Gasteiger partial charge in [0.1, 0.15) is 0 Å². The minimum Gasteiger partial charge on any atom is -0.314 e. The highest BCUT2D eigenvalue weighted by atomic mass is 32.1. The summed E-state index contributed by atoms with van der Waals surface area (Å²) >= 11 is 1.88. The second-order valence-corrected chi connectivity index (χ2v) is 16.1. The van der Waals surface area contributed by atoms with Crippen LogP contribution in [-0.4, -0.2) is 0 Å². The van der Waals surface area contributed by atoms with E-state index in [9.17, 15) is 0 Å². The minimum atomic E-state index is -0.403. The molecule has 56 heavy (non-hydrogen) atoms. The Balaban J connectivity index is 1.20. The molecule has 0 aliphatic heterocycles. The van der Waals surface area contributed by atoms with E-state index in [2.05, 4.69) is 194 Å². The molecule has 2 heteroatoms.